The summed E-state index contributed by atoms with van der Waals surface area (Å²) in [6.45, 7) is 4.22. The monoisotopic (exact) mass is 267 g/mol. The quantitative estimate of drug-likeness (QED) is 0.876. The van der Waals surface area contributed by atoms with E-state index in [2.05, 4.69) is 20.7 Å². The average Bonchev–Trinajstić information content (AvgIpc) is 2.70. The summed E-state index contributed by atoms with van der Waals surface area (Å²) < 4.78 is 1.56. The lowest BCUT2D eigenvalue weighted by Gasteiger charge is -2.10. The molecule has 0 bridgehead atoms. The molecule has 1 atom stereocenters. The molecule has 0 aromatic carbocycles. The van der Waals surface area contributed by atoms with Crippen molar-refractivity contribution in [3.05, 3.63) is 23.4 Å². The van der Waals surface area contributed by atoms with Crippen molar-refractivity contribution in [3.63, 3.8) is 0 Å². The maximum Gasteiger partial charge on any atom is 0.243 e. The summed E-state index contributed by atoms with van der Waals surface area (Å²) in [5.41, 5.74) is 0.671. The predicted octanol–water partition coefficient (Wildman–Crippen LogP) is 1.32. The first-order valence-corrected chi connectivity index (χ1v) is 6.04. The Bertz CT molecular complexity index is 568. The zero-order valence-electron chi connectivity index (χ0n) is 10.1. The minimum Gasteiger partial charge on any atom is -0.355 e. The number of anilines is 1. The number of pyridine rings is 1. The fourth-order valence-corrected chi connectivity index (χ4v) is 1.66. The van der Waals surface area contributed by atoms with Crippen molar-refractivity contribution in [3.8, 4) is 0 Å². The molecule has 0 aliphatic heterocycles. The van der Waals surface area contributed by atoms with E-state index in [1.165, 1.54) is 0 Å². The number of halogens is 1. The number of likely N-dealkylation sites (N-methyl/N-ethyl adjacent to an activating group) is 1. The van der Waals surface area contributed by atoms with Crippen molar-refractivity contribution in [2.24, 2.45) is 0 Å². The number of amides is 1. The van der Waals surface area contributed by atoms with Crippen molar-refractivity contribution < 1.29 is 4.79 Å². The summed E-state index contributed by atoms with van der Waals surface area (Å²) >= 11 is 5.85. The van der Waals surface area contributed by atoms with Crippen molar-refractivity contribution in [1.29, 1.82) is 0 Å². The molecule has 0 saturated carbocycles. The minimum absolute atomic E-state index is 0.0885. The molecular weight excluding hydrogens is 254 g/mol. The first-order chi connectivity index (χ1) is 8.60. The first-order valence-electron chi connectivity index (χ1n) is 5.66. The molecule has 0 radical (unpaired) electrons. The maximum absolute atomic E-state index is 11.6. The van der Waals surface area contributed by atoms with Crippen LogP contribution in [0.15, 0.2) is 18.3 Å². The van der Waals surface area contributed by atoms with Crippen LogP contribution < -0.4 is 10.6 Å². The van der Waals surface area contributed by atoms with E-state index in [1.54, 1.807) is 29.8 Å². The molecule has 6 nitrogen and oxygen atoms in total. The van der Waals surface area contributed by atoms with E-state index >= 15 is 0 Å². The predicted molar refractivity (Wildman–Crippen MR) is 69.8 cm³/mol. The second kappa shape index (κ2) is 5.22. The number of hydrogen-bond acceptors (Lipinski definition) is 4. The number of aromatic nitrogens is 3. The number of carbonyl (C=O) groups excluding carboxylic acids is 1. The second-order valence-corrected chi connectivity index (χ2v) is 4.28. The maximum atomic E-state index is 11.6. The van der Waals surface area contributed by atoms with Crippen LogP contribution in [0.2, 0.25) is 5.02 Å². The molecule has 18 heavy (non-hydrogen) atoms. The Morgan fingerprint density at radius 3 is 3.06 bits per heavy atom. The summed E-state index contributed by atoms with van der Waals surface area (Å²) in [4.78, 5) is 15.8. The molecule has 2 aromatic heterocycles. The third-order valence-electron chi connectivity index (χ3n) is 2.38. The van der Waals surface area contributed by atoms with Crippen LogP contribution in [-0.4, -0.2) is 33.1 Å². The molecule has 2 heterocycles. The van der Waals surface area contributed by atoms with Gasteiger partial charge in [-0.25, -0.2) is 4.52 Å². The molecule has 0 fully saturated rings. The van der Waals surface area contributed by atoms with E-state index in [0.29, 0.717) is 23.2 Å². The molecule has 2 rings (SSSR count). The highest BCUT2D eigenvalue weighted by molar-refractivity contribution is 6.30. The highest BCUT2D eigenvalue weighted by Crippen LogP contribution is 2.11. The van der Waals surface area contributed by atoms with Gasteiger partial charge in [0, 0.05) is 12.7 Å². The Balaban J connectivity index is 2.14. The zero-order chi connectivity index (χ0) is 13.1. The molecule has 1 unspecified atom stereocenters. The Morgan fingerprint density at radius 2 is 2.33 bits per heavy atom. The van der Waals surface area contributed by atoms with E-state index in [-0.39, 0.29) is 5.91 Å². The number of rotatable bonds is 4. The lowest BCUT2D eigenvalue weighted by molar-refractivity contribution is -0.121. The number of carbonyl (C=O) groups is 1. The van der Waals surface area contributed by atoms with E-state index in [9.17, 15) is 4.79 Å². The lowest BCUT2D eigenvalue weighted by atomic mass is 10.3. The van der Waals surface area contributed by atoms with Gasteiger partial charge in [0.25, 0.3) is 0 Å². The summed E-state index contributed by atoms with van der Waals surface area (Å²) in [5.74, 6) is 0.311. The van der Waals surface area contributed by atoms with Crippen molar-refractivity contribution >= 4 is 29.1 Å². The van der Waals surface area contributed by atoms with Gasteiger partial charge in [0.05, 0.1) is 5.02 Å². The van der Waals surface area contributed by atoms with Crippen LogP contribution in [0.4, 0.5) is 5.95 Å². The van der Waals surface area contributed by atoms with E-state index in [1.807, 2.05) is 6.92 Å². The Hall–Kier alpha value is -1.82. The summed E-state index contributed by atoms with van der Waals surface area (Å²) in [7, 11) is 0. The van der Waals surface area contributed by atoms with Crippen LogP contribution in [0.5, 0.6) is 0 Å². The SMILES string of the molecule is CCNC(=O)C(C)Nc1nc2ccc(Cl)cn2n1. The van der Waals surface area contributed by atoms with Crippen LogP contribution in [0, 0.1) is 0 Å². The van der Waals surface area contributed by atoms with Gasteiger partial charge in [-0.15, -0.1) is 5.10 Å². The highest BCUT2D eigenvalue weighted by atomic mass is 35.5. The van der Waals surface area contributed by atoms with Gasteiger partial charge in [0.1, 0.15) is 6.04 Å². The third-order valence-corrected chi connectivity index (χ3v) is 2.61. The zero-order valence-corrected chi connectivity index (χ0v) is 10.9. The van der Waals surface area contributed by atoms with Gasteiger partial charge in [-0.2, -0.15) is 4.98 Å². The number of nitrogens with zero attached hydrogens (tertiary/aromatic N) is 3. The third kappa shape index (κ3) is 2.70. The van der Waals surface area contributed by atoms with E-state index in [0.717, 1.165) is 0 Å². The normalized spacial score (nSPS) is 12.4. The van der Waals surface area contributed by atoms with Crippen LogP contribution in [0.1, 0.15) is 13.8 Å². The van der Waals surface area contributed by atoms with Crippen LogP contribution in [0.3, 0.4) is 0 Å². The average molecular weight is 268 g/mol. The molecule has 0 spiro atoms. The van der Waals surface area contributed by atoms with Gasteiger partial charge in [0.2, 0.25) is 11.9 Å². The van der Waals surface area contributed by atoms with Gasteiger partial charge in [0.15, 0.2) is 5.65 Å². The Morgan fingerprint density at radius 1 is 1.56 bits per heavy atom. The summed E-state index contributed by atoms with van der Waals surface area (Å²) in [5, 5.41) is 10.4. The molecule has 96 valence electrons. The van der Waals surface area contributed by atoms with Crippen LogP contribution in [-0.2, 0) is 4.79 Å². The molecule has 2 aromatic rings. The molecule has 1 amide bonds. The van der Waals surface area contributed by atoms with Gasteiger partial charge in [-0.1, -0.05) is 11.6 Å². The van der Waals surface area contributed by atoms with Gasteiger partial charge in [-0.05, 0) is 26.0 Å². The molecule has 0 aliphatic rings. The van der Waals surface area contributed by atoms with Crippen LogP contribution in [0.25, 0.3) is 5.65 Å². The van der Waals surface area contributed by atoms with Gasteiger partial charge < -0.3 is 10.6 Å². The minimum atomic E-state index is -0.391. The fourth-order valence-electron chi connectivity index (χ4n) is 1.51. The first kappa shape index (κ1) is 12.6. The molecule has 7 heteroatoms. The van der Waals surface area contributed by atoms with E-state index in [4.69, 9.17) is 11.6 Å². The summed E-state index contributed by atoms with van der Waals surface area (Å²) in [6, 6.07) is 3.11. The van der Waals surface area contributed by atoms with Gasteiger partial charge >= 0.3 is 0 Å². The topological polar surface area (TPSA) is 71.3 Å². The van der Waals surface area contributed by atoms with E-state index < -0.39 is 6.04 Å². The molecular formula is C11H14ClN5O. The molecule has 2 N–H and O–H groups in total. The number of nitrogens with one attached hydrogen (secondary N) is 2. The lowest BCUT2D eigenvalue weighted by Crippen LogP contribution is -2.37. The highest BCUT2D eigenvalue weighted by Gasteiger charge is 2.13. The molecule has 0 aliphatic carbocycles. The summed E-state index contributed by atoms with van der Waals surface area (Å²) in [6.07, 6.45) is 1.66. The Labute approximate surface area is 109 Å². The number of hydrogen-bond donors (Lipinski definition) is 2. The van der Waals surface area contributed by atoms with Gasteiger partial charge in [-0.3, -0.25) is 4.79 Å². The largest absolute Gasteiger partial charge is 0.355 e. The molecule has 0 saturated heterocycles. The van der Waals surface area contributed by atoms with Crippen molar-refractivity contribution in [2.75, 3.05) is 11.9 Å². The van der Waals surface area contributed by atoms with Crippen molar-refractivity contribution in [1.82, 2.24) is 19.9 Å². The Kier molecular flexibility index (Phi) is 3.66. The fraction of sp³-hybridized carbons (Fsp3) is 0.364. The second-order valence-electron chi connectivity index (χ2n) is 3.85. The van der Waals surface area contributed by atoms with Crippen LogP contribution >= 0.6 is 11.6 Å². The standard InChI is InChI=1S/C11H14ClN5O/c1-3-13-10(18)7(2)14-11-15-9-5-4-8(12)6-17(9)16-11/h4-7H,3H2,1-2H3,(H,13,18)(H,14,16). The van der Waals surface area contributed by atoms with Crippen molar-refractivity contribution in [2.45, 2.75) is 19.9 Å². The number of fused-ring (bicyclic) bond motifs is 1. The smallest absolute Gasteiger partial charge is 0.243 e.